The van der Waals surface area contributed by atoms with Gasteiger partial charge in [0.05, 0.1) is 12.7 Å². The second kappa shape index (κ2) is 4.71. The molecule has 0 aliphatic carbocycles. The van der Waals surface area contributed by atoms with Crippen molar-refractivity contribution in [3.63, 3.8) is 0 Å². The minimum Gasteiger partial charge on any atom is -0.399 e. The predicted molar refractivity (Wildman–Crippen MR) is 54.3 cm³/mol. The molecule has 0 radical (unpaired) electrons. The summed E-state index contributed by atoms with van der Waals surface area (Å²) in [5, 5.41) is 1.31. The number of alkyl halides is 3. The summed E-state index contributed by atoms with van der Waals surface area (Å²) in [7, 11) is 2.95. The molecule has 0 fully saturated rings. The van der Waals surface area contributed by atoms with Crippen LogP contribution in [0.15, 0.2) is 18.2 Å². The highest BCUT2D eigenvalue weighted by Crippen LogP contribution is 2.33. The number of nitrogens with zero attached hydrogens (tertiary/aromatic N) is 1. The lowest BCUT2D eigenvalue weighted by atomic mass is 10.1. The van der Waals surface area contributed by atoms with E-state index in [1.165, 1.54) is 24.3 Å². The standard InChI is InChI=1S/C10H13F3N2O/c1-15(16-2)6-7-3-4-8(14)5-9(7)10(11,12)13/h3-5H,6,14H2,1-2H3. The topological polar surface area (TPSA) is 38.5 Å². The molecule has 90 valence electrons. The maximum absolute atomic E-state index is 12.7. The van der Waals surface area contributed by atoms with E-state index in [2.05, 4.69) is 0 Å². The molecule has 0 saturated heterocycles. The van der Waals surface area contributed by atoms with E-state index in [1.54, 1.807) is 7.05 Å². The Kier molecular flexibility index (Phi) is 3.77. The molecular weight excluding hydrogens is 221 g/mol. The van der Waals surface area contributed by atoms with Crippen LogP contribution >= 0.6 is 0 Å². The normalized spacial score (nSPS) is 12.1. The molecule has 0 saturated carbocycles. The fourth-order valence-corrected chi connectivity index (χ4v) is 1.30. The van der Waals surface area contributed by atoms with Gasteiger partial charge in [-0.1, -0.05) is 6.07 Å². The van der Waals surface area contributed by atoms with Crippen LogP contribution in [0.25, 0.3) is 0 Å². The van der Waals surface area contributed by atoms with Crippen molar-refractivity contribution in [2.75, 3.05) is 19.9 Å². The fraction of sp³-hybridized carbons (Fsp3) is 0.400. The molecule has 1 aromatic rings. The molecule has 0 spiro atoms. The number of anilines is 1. The van der Waals surface area contributed by atoms with Gasteiger partial charge in [-0.05, 0) is 17.7 Å². The van der Waals surface area contributed by atoms with Crippen LogP contribution in [0, 0.1) is 0 Å². The van der Waals surface area contributed by atoms with Gasteiger partial charge in [-0.25, -0.2) is 0 Å². The number of nitrogens with two attached hydrogens (primary N) is 1. The van der Waals surface area contributed by atoms with Gasteiger partial charge in [0.2, 0.25) is 0 Å². The molecule has 0 atom stereocenters. The van der Waals surface area contributed by atoms with Crippen molar-refractivity contribution >= 4 is 5.69 Å². The first-order chi connectivity index (χ1) is 7.34. The van der Waals surface area contributed by atoms with Crippen LogP contribution in [0.4, 0.5) is 18.9 Å². The van der Waals surface area contributed by atoms with Gasteiger partial charge in [-0.15, -0.1) is 0 Å². The number of rotatable bonds is 3. The third-order valence-electron chi connectivity index (χ3n) is 2.14. The van der Waals surface area contributed by atoms with E-state index in [0.29, 0.717) is 0 Å². The maximum atomic E-state index is 12.7. The molecule has 0 unspecified atom stereocenters. The zero-order valence-corrected chi connectivity index (χ0v) is 9.01. The summed E-state index contributed by atoms with van der Waals surface area (Å²) in [5.74, 6) is 0. The molecule has 1 rings (SSSR count). The highest BCUT2D eigenvalue weighted by Gasteiger charge is 2.33. The lowest BCUT2D eigenvalue weighted by molar-refractivity contribution is -0.142. The molecule has 2 N–H and O–H groups in total. The zero-order chi connectivity index (χ0) is 12.3. The van der Waals surface area contributed by atoms with Gasteiger partial charge in [0.1, 0.15) is 0 Å². The third kappa shape index (κ3) is 3.11. The molecule has 0 aliphatic heterocycles. The summed E-state index contributed by atoms with van der Waals surface area (Å²) in [6.45, 7) is 0.0472. The van der Waals surface area contributed by atoms with E-state index >= 15 is 0 Å². The van der Waals surface area contributed by atoms with Crippen LogP contribution in [-0.4, -0.2) is 19.2 Å². The Morgan fingerprint density at radius 3 is 2.50 bits per heavy atom. The molecule has 0 heterocycles. The Morgan fingerprint density at radius 1 is 1.38 bits per heavy atom. The third-order valence-corrected chi connectivity index (χ3v) is 2.14. The molecular formula is C10H13F3N2O. The second-order valence-corrected chi connectivity index (χ2v) is 3.38. The number of hydroxylamine groups is 2. The summed E-state index contributed by atoms with van der Waals surface area (Å²) >= 11 is 0. The van der Waals surface area contributed by atoms with Gasteiger partial charge in [-0.2, -0.15) is 18.2 Å². The Balaban J connectivity index is 3.08. The SMILES string of the molecule is CON(C)Cc1ccc(N)cc1C(F)(F)F. The minimum absolute atomic E-state index is 0.0472. The largest absolute Gasteiger partial charge is 0.416 e. The molecule has 16 heavy (non-hydrogen) atoms. The van der Waals surface area contributed by atoms with E-state index in [4.69, 9.17) is 10.6 Å². The Hall–Kier alpha value is -1.27. The molecule has 6 heteroatoms. The maximum Gasteiger partial charge on any atom is 0.416 e. The number of benzene rings is 1. The van der Waals surface area contributed by atoms with Gasteiger partial charge in [0.15, 0.2) is 0 Å². The van der Waals surface area contributed by atoms with Crippen LogP contribution in [0.1, 0.15) is 11.1 Å². The first-order valence-corrected chi connectivity index (χ1v) is 4.55. The van der Waals surface area contributed by atoms with Crippen molar-refractivity contribution < 1.29 is 18.0 Å². The average molecular weight is 234 g/mol. The van der Waals surface area contributed by atoms with Gasteiger partial charge in [0, 0.05) is 19.3 Å². The lowest BCUT2D eigenvalue weighted by Gasteiger charge is -2.18. The summed E-state index contributed by atoms with van der Waals surface area (Å²) in [5.41, 5.74) is 4.84. The van der Waals surface area contributed by atoms with Crippen molar-refractivity contribution in [3.05, 3.63) is 29.3 Å². The Bertz CT molecular complexity index is 366. The summed E-state index contributed by atoms with van der Waals surface area (Å²) < 4.78 is 38.0. The van der Waals surface area contributed by atoms with Gasteiger partial charge >= 0.3 is 6.18 Å². The van der Waals surface area contributed by atoms with Crippen molar-refractivity contribution in [1.29, 1.82) is 0 Å². The number of halogens is 3. The van der Waals surface area contributed by atoms with Crippen LogP contribution in [-0.2, 0) is 17.6 Å². The van der Waals surface area contributed by atoms with Crippen molar-refractivity contribution in [3.8, 4) is 0 Å². The average Bonchev–Trinajstić information content (AvgIpc) is 2.19. The van der Waals surface area contributed by atoms with E-state index in [1.807, 2.05) is 0 Å². The Labute approximate surface area is 91.6 Å². The smallest absolute Gasteiger partial charge is 0.399 e. The van der Waals surface area contributed by atoms with E-state index in [-0.39, 0.29) is 17.8 Å². The van der Waals surface area contributed by atoms with Crippen molar-refractivity contribution in [2.45, 2.75) is 12.7 Å². The van der Waals surface area contributed by atoms with Crippen LogP contribution < -0.4 is 5.73 Å². The van der Waals surface area contributed by atoms with E-state index in [0.717, 1.165) is 6.07 Å². The minimum atomic E-state index is -4.40. The van der Waals surface area contributed by atoms with E-state index < -0.39 is 11.7 Å². The van der Waals surface area contributed by atoms with Gasteiger partial charge < -0.3 is 10.6 Å². The van der Waals surface area contributed by atoms with Crippen LogP contribution in [0.2, 0.25) is 0 Å². The summed E-state index contributed by atoms with van der Waals surface area (Å²) in [6, 6.07) is 3.72. The quantitative estimate of drug-likeness (QED) is 0.644. The highest BCUT2D eigenvalue weighted by atomic mass is 19.4. The van der Waals surface area contributed by atoms with Crippen LogP contribution in [0.5, 0.6) is 0 Å². The number of hydrogen-bond donors (Lipinski definition) is 1. The van der Waals surface area contributed by atoms with E-state index in [9.17, 15) is 13.2 Å². The first-order valence-electron chi connectivity index (χ1n) is 4.55. The van der Waals surface area contributed by atoms with Crippen molar-refractivity contribution in [1.82, 2.24) is 5.06 Å². The molecule has 0 aliphatic rings. The van der Waals surface area contributed by atoms with Gasteiger partial charge in [0.25, 0.3) is 0 Å². The number of nitrogen functional groups attached to an aromatic ring is 1. The summed E-state index contributed by atoms with van der Waals surface area (Å²) in [4.78, 5) is 4.79. The molecule has 0 amide bonds. The monoisotopic (exact) mass is 234 g/mol. The number of hydrogen-bond acceptors (Lipinski definition) is 3. The second-order valence-electron chi connectivity index (χ2n) is 3.38. The zero-order valence-electron chi connectivity index (χ0n) is 9.01. The molecule has 3 nitrogen and oxygen atoms in total. The Morgan fingerprint density at radius 2 is 2.00 bits per heavy atom. The van der Waals surface area contributed by atoms with Gasteiger partial charge in [-0.3, -0.25) is 0 Å². The fourth-order valence-electron chi connectivity index (χ4n) is 1.30. The molecule has 0 bridgehead atoms. The predicted octanol–water partition coefficient (Wildman–Crippen LogP) is 2.28. The highest BCUT2D eigenvalue weighted by molar-refractivity contribution is 5.45. The lowest BCUT2D eigenvalue weighted by Crippen LogP contribution is -2.19. The summed E-state index contributed by atoms with van der Waals surface area (Å²) in [6.07, 6.45) is -4.40. The van der Waals surface area contributed by atoms with Crippen molar-refractivity contribution in [2.24, 2.45) is 0 Å². The van der Waals surface area contributed by atoms with Crippen LogP contribution in [0.3, 0.4) is 0 Å². The molecule has 0 aromatic heterocycles. The first kappa shape index (κ1) is 12.8. The molecule has 1 aromatic carbocycles.